The molecule has 0 atom stereocenters. The Kier molecular flexibility index (Phi) is 1.98. The quantitative estimate of drug-likeness (QED) is 0.582. The highest BCUT2D eigenvalue weighted by Crippen LogP contribution is 2.38. The van der Waals surface area contributed by atoms with Gasteiger partial charge in [0.2, 0.25) is 5.88 Å². The first kappa shape index (κ1) is 9.44. The average molecular weight is 194 g/mol. The lowest BCUT2D eigenvalue weighted by Crippen LogP contribution is -2.41. The van der Waals surface area contributed by atoms with Gasteiger partial charge in [0.25, 0.3) is 0 Å². The van der Waals surface area contributed by atoms with Gasteiger partial charge in [0.05, 0.1) is 12.2 Å². The van der Waals surface area contributed by atoms with Crippen LogP contribution in [0.5, 0.6) is 0 Å². The van der Waals surface area contributed by atoms with Crippen LogP contribution < -0.4 is 0 Å². The summed E-state index contributed by atoms with van der Waals surface area (Å²) >= 11 is 0. The Morgan fingerprint density at radius 2 is 2.07 bits per heavy atom. The molecule has 0 spiro atoms. The summed E-state index contributed by atoms with van der Waals surface area (Å²) in [7, 11) is 4.16. The second-order valence-electron chi connectivity index (χ2n) is 4.57. The summed E-state index contributed by atoms with van der Waals surface area (Å²) in [5.74, 6) is 1.01. The molecule has 0 aliphatic carbocycles. The van der Waals surface area contributed by atoms with E-state index in [4.69, 9.17) is 4.74 Å². The first-order valence-corrected chi connectivity index (χ1v) is 5.03. The number of ether oxygens (including phenoxy) is 1. The number of likely N-dealkylation sites (N-methyl/N-ethyl adjacent to an activating group) is 1. The minimum Gasteiger partial charge on any atom is -0.476 e. The summed E-state index contributed by atoms with van der Waals surface area (Å²) in [6.07, 6.45) is 4.30. The van der Waals surface area contributed by atoms with E-state index in [0.29, 0.717) is 0 Å². The van der Waals surface area contributed by atoms with Gasteiger partial charge >= 0.3 is 0 Å². The predicted octanol–water partition coefficient (Wildman–Crippen LogP) is 1.60. The van der Waals surface area contributed by atoms with Crippen molar-refractivity contribution >= 4 is 0 Å². The molecule has 2 aliphatic heterocycles. The van der Waals surface area contributed by atoms with Crippen LogP contribution in [0.15, 0.2) is 23.9 Å². The average Bonchev–Trinajstić information content (AvgIpc) is 2.12. The third kappa shape index (κ3) is 1.27. The standard InChI is InChI=1S/C11H18N2O/c1-11(2)5-6-13(4)10-9(11)12(3)7-8-14-10/h5-6H,7-8H2,1-4H3. The van der Waals surface area contributed by atoms with Crippen molar-refractivity contribution in [2.24, 2.45) is 5.41 Å². The SMILES string of the molecule is CN1C=CC(C)(C)C2=C1OCCN2C. The van der Waals surface area contributed by atoms with Crippen LogP contribution in [0.3, 0.4) is 0 Å². The van der Waals surface area contributed by atoms with E-state index in [9.17, 15) is 0 Å². The minimum atomic E-state index is 0.0804. The first-order valence-electron chi connectivity index (χ1n) is 5.03. The third-order valence-corrected chi connectivity index (χ3v) is 2.90. The zero-order valence-electron chi connectivity index (χ0n) is 9.37. The number of allylic oxidation sites excluding steroid dienone is 1. The topological polar surface area (TPSA) is 15.7 Å². The van der Waals surface area contributed by atoms with E-state index in [2.05, 4.69) is 43.0 Å². The largest absolute Gasteiger partial charge is 0.476 e. The Labute approximate surface area is 85.6 Å². The highest BCUT2D eigenvalue weighted by Gasteiger charge is 2.34. The molecule has 0 radical (unpaired) electrons. The van der Waals surface area contributed by atoms with Crippen LogP contribution in [0.4, 0.5) is 0 Å². The van der Waals surface area contributed by atoms with Crippen molar-refractivity contribution in [2.45, 2.75) is 13.8 Å². The Balaban J connectivity index is 2.45. The summed E-state index contributed by atoms with van der Waals surface area (Å²) in [6.45, 7) is 6.20. The van der Waals surface area contributed by atoms with Gasteiger partial charge in [-0.05, 0) is 0 Å². The van der Waals surface area contributed by atoms with Crippen LogP contribution in [0.25, 0.3) is 0 Å². The van der Waals surface area contributed by atoms with Crippen molar-refractivity contribution in [1.82, 2.24) is 9.80 Å². The van der Waals surface area contributed by atoms with Crippen LogP contribution in [0.2, 0.25) is 0 Å². The van der Waals surface area contributed by atoms with E-state index in [1.807, 2.05) is 7.05 Å². The molecule has 0 saturated heterocycles. The summed E-state index contributed by atoms with van der Waals surface area (Å²) < 4.78 is 5.71. The van der Waals surface area contributed by atoms with Crippen LogP contribution in [-0.2, 0) is 4.74 Å². The lowest BCUT2D eigenvalue weighted by Gasteiger charge is -2.42. The van der Waals surface area contributed by atoms with E-state index >= 15 is 0 Å². The Morgan fingerprint density at radius 3 is 2.71 bits per heavy atom. The van der Waals surface area contributed by atoms with E-state index < -0.39 is 0 Å². The van der Waals surface area contributed by atoms with Gasteiger partial charge < -0.3 is 14.5 Å². The van der Waals surface area contributed by atoms with Crippen LogP contribution in [0.1, 0.15) is 13.8 Å². The van der Waals surface area contributed by atoms with Gasteiger partial charge in [0, 0.05) is 25.7 Å². The molecule has 0 aromatic heterocycles. The molecule has 0 bridgehead atoms. The molecule has 0 unspecified atom stereocenters. The van der Waals surface area contributed by atoms with Crippen molar-refractivity contribution in [3.8, 4) is 0 Å². The van der Waals surface area contributed by atoms with E-state index in [1.54, 1.807) is 0 Å². The number of hydrogen-bond acceptors (Lipinski definition) is 3. The van der Waals surface area contributed by atoms with Crippen molar-refractivity contribution < 1.29 is 4.74 Å². The lowest BCUT2D eigenvalue weighted by atomic mass is 9.86. The summed E-state index contributed by atoms with van der Waals surface area (Å²) in [4.78, 5) is 4.34. The molecule has 0 aromatic carbocycles. The fourth-order valence-corrected chi connectivity index (χ4v) is 2.10. The van der Waals surface area contributed by atoms with Crippen LogP contribution in [0, 0.1) is 5.41 Å². The Morgan fingerprint density at radius 1 is 1.36 bits per heavy atom. The zero-order chi connectivity index (χ0) is 10.3. The molecular formula is C11H18N2O. The fourth-order valence-electron chi connectivity index (χ4n) is 2.10. The smallest absolute Gasteiger partial charge is 0.214 e. The first-order chi connectivity index (χ1) is 6.52. The Bertz CT molecular complexity index is 304. The van der Waals surface area contributed by atoms with Gasteiger partial charge in [-0.2, -0.15) is 0 Å². The minimum absolute atomic E-state index is 0.0804. The highest BCUT2D eigenvalue weighted by molar-refractivity contribution is 5.27. The van der Waals surface area contributed by atoms with Crippen molar-refractivity contribution in [3.63, 3.8) is 0 Å². The van der Waals surface area contributed by atoms with Gasteiger partial charge in [-0.3, -0.25) is 0 Å². The molecule has 0 amide bonds. The van der Waals surface area contributed by atoms with Crippen molar-refractivity contribution in [3.05, 3.63) is 23.9 Å². The van der Waals surface area contributed by atoms with Crippen LogP contribution >= 0.6 is 0 Å². The molecule has 2 heterocycles. The van der Waals surface area contributed by atoms with Crippen molar-refractivity contribution in [2.75, 3.05) is 27.2 Å². The molecule has 14 heavy (non-hydrogen) atoms. The molecule has 0 aromatic rings. The molecular weight excluding hydrogens is 176 g/mol. The van der Waals surface area contributed by atoms with E-state index in [0.717, 1.165) is 19.0 Å². The maximum atomic E-state index is 5.71. The van der Waals surface area contributed by atoms with Gasteiger partial charge in [-0.1, -0.05) is 19.9 Å². The monoisotopic (exact) mass is 194 g/mol. The maximum absolute atomic E-state index is 5.71. The molecule has 0 fully saturated rings. The lowest BCUT2D eigenvalue weighted by molar-refractivity contribution is 0.0715. The molecule has 0 N–H and O–H groups in total. The second kappa shape index (κ2) is 2.94. The van der Waals surface area contributed by atoms with Crippen molar-refractivity contribution in [1.29, 1.82) is 0 Å². The summed E-state index contributed by atoms with van der Waals surface area (Å²) in [6, 6.07) is 0. The van der Waals surface area contributed by atoms with Gasteiger partial charge in [-0.15, -0.1) is 0 Å². The van der Waals surface area contributed by atoms with Crippen LogP contribution in [-0.4, -0.2) is 37.0 Å². The number of rotatable bonds is 0. The summed E-state index contributed by atoms with van der Waals surface area (Å²) in [5, 5.41) is 0. The Hall–Kier alpha value is -1.12. The molecule has 2 aliphatic rings. The second-order valence-corrected chi connectivity index (χ2v) is 4.57. The fraction of sp³-hybridized carbons (Fsp3) is 0.636. The summed E-state index contributed by atoms with van der Waals surface area (Å²) in [5.41, 5.74) is 1.37. The van der Waals surface area contributed by atoms with E-state index in [1.165, 1.54) is 5.70 Å². The van der Waals surface area contributed by atoms with Gasteiger partial charge in [0.1, 0.15) is 6.61 Å². The third-order valence-electron chi connectivity index (χ3n) is 2.90. The molecule has 2 rings (SSSR count). The highest BCUT2D eigenvalue weighted by atomic mass is 16.5. The normalized spacial score (nSPS) is 24.9. The molecule has 0 saturated carbocycles. The predicted molar refractivity (Wildman–Crippen MR) is 56.3 cm³/mol. The number of nitrogens with zero attached hydrogens (tertiary/aromatic N) is 2. The van der Waals surface area contributed by atoms with E-state index in [-0.39, 0.29) is 5.41 Å². The van der Waals surface area contributed by atoms with Gasteiger partial charge in [0.15, 0.2) is 0 Å². The van der Waals surface area contributed by atoms with Gasteiger partial charge in [-0.25, -0.2) is 0 Å². The maximum Gasteiger partial charge on any atom is 0.214 e. The number of hydrogen-bond donors (Lipinski definition) is 0. The molecule has 78 valence electrons. The zero-order valence-corrected chi connectivity index (χ0v) is 9.37. The molecule has 3 heteroatoms. The molecule has 3 nitrogen and oxygen atoms in total.